The van der Waals surface area contributed by atoms with Crippen LogP contribution in [0.5, 0.6) is 0 Å². The molecule has 4 aromatic rings. The lowest BCUT2D eigenvalue weighted by Gasteiger charge is -2.14. The third-order valence-electron chi connectivity index (χ3n) is 4.75. The van der Waals surface area contributed by atoms with E-state index < -0.39 is 0 Å². The molecule has 0 aliphatic carbocycles. The fourth-order valence-corrected chi connectivity index (χ4v) is 4.14. The number of nitrogens with zero attached hydrogens (tertiary/aromatic N) is 4. The number of aryl methyl sites for hydroxylation is 1. The molecule has 6 nitrogen and oxygen atoms in total. The van der Waals surface area contributed by atoms with Gasteiger partial charge in [0.25, 0.3) is 0 Å². The summed E-state index contributed by atoms with van der Waals surface area (Å²) in [6.07, 6.45) is 2.45. The lowest BCUT2D eigenvalue weighted by atomic mass is 10.1. The molecule has 26 heavy (non-hydrogen) atoms. The fraction of sp³-hybridized carbons (Fsp3) is 0.316. The van der Waals surface area contributed by atoms with Crippen LogP contribution in [0.3, 0.4) is 0 Å². The normalized spacial score (nSPS) is 17.3. The standard InChI is InChI=1S/C19H19N5OS/c1-12-6-7-15-14(10-12)17-22-23-18(16-5-3-9-26-16)24(17)19(21-15)20-11-13-4-2-8-25-13/h3,5-7,9-10,13H,2,4,8,11H2,1H3,(H,20,21). The van der Waals surface area contributed by atoms with Crippen molar-refractivity contribution < 1.29 is 4.74 Å². The van der Waals surface area contributed by atoms with Crippen LogP contribution in [0.2, 0.25) is 0 Å². The van der Waals surface area contributed by atoms with Crippen LogP contribution in [-0.2, 0) is 4.74 Å². The third kappa shape index (κ3) is 2.64. The average molecular weight is 365 g/mol. The van der Waals surface area contributed by atoms with Gasteiger partial charge in [0, 0.05) is 18.5 Å². The maximum atomic E-state index is 5.75. The highest BCUT2D eigenvalue weighted by molar-refractivity contribution is 7.13. The number of hydrogen-bond acceptors (Lipinski definition) is 6. The summed E-state index contributed by atoms with van der Waals surface area (Å²) in [6.45, 7) is 3.66. The summed E-state index contributed by atoms with van der Waals surface area (Å²) in [7, 11) is 0. The lowest BCUT2D eigenvalue weighted by Crippen LogP contribution is -2.20. The molecule has 1 unspecified atom stereocenters. The van der Waals surface area contributed by atoms with Crippen molar-refractivity contribution in [2.75, 3.05) is 18.5 Å². The molecule has 3 aromatic heterocycles. The van der Waals surface area contributed by atoms with Crippen LogP contribution in [0, 0.1) is 6.92 Å². The first-order valence-electron chi connectivity index (χ1n) is 8.84. The van der Waals surface area contributed by atoms with Crippen molar-refractivity contribution in [3.63, 3.8) is 0 Å². The molecule has 0 bridgehead atoms. The van der Waals surface area contributed by atoms with Crippen molar-refractivity contribution in [2.24, 2.45) is 0 Å². The van der Waals surface area contributed by atoms with Gasteiger partial charge in [0.2, 0.25) is 5.95 Å². The molecule has 1 aliphatic rings. The van der Waals surface area contributed by atoms with E-state index in [1.807, 2.05) is 16.5 Å². The van der Waals surface area contributed by atoms with E-state index in [0.29, 0.717) is 0 Å². The second-order valence-corrected chi connectivity index (χ2v) is 7.58. The minimum atomic E-state index is 0.238. The Morgan fingerprint density at radius 3 is 3.08 bits per heavy atom. The third-order valence-corrected chi connectivity index (χ3v) is 5.61. The van der Waals surface area contributed by atoms with Crippen LogP contribution in [0.15, 0.2) is 35.7 Å². The summed E-state index contributed by atoms with van der Waals surface area (Å²) in [5, 5.41) is 15.5. The Morgan fingerprint density at radius 2 is 2.27 bits per heavy atom. The summed E-state index contributed by atoms with van der Waals surface area (Å²) in [6, 6.07) is 10.3. The SMILES string of the molecule is Cc1ccc2nc(NCC3CCCO3)n3c(-c4cccs4)nnc3c2c1. The molecule has 132 valence electrons. The van der Waals surface area contributed by atoms with E-state index in [2.05, 4.69) is 46.0 Å². The van der Waals surface area contributed by atoms with Crippen molar-refractivity contribution >= 4 is 33.8 Å². The highest BCUT2D eigenvalue weighted by Gasteiger charge is 2.19. The van der Waals surface area contributed by atoms with Gasteiger partial charge in [-0.05, 0) is 43.3 Å². The summed E-state index contributed by atoms with van der Waals surface area (Å²) < 4.78 is 7.78. The maximum Gasteiger partial charge on any atom is 0.211 e. The highest BCUT2D eigenvalue weighted by atomic mass is 32.1. The van der Waals surface area contributed by atoms with Gasteiger partial charge in [-0.3, -0.25) is 0 Å². The van der Waals surface area contributed by atoms with Crippen LogP contribution in [-0.4, -0.2) is 38.8 Å². The average Bonchev–Trinajstić information content (AvgIpc) is 3.39. The maximum absolute atomic E-state index is 5.75. The van der Waals surface area contributed by atoms with Crippen molar-refractivity contribution in [1.29, 1.82) is 0 Å². The van der Waals surface area contributed by atoms with Crippen LogP contribution < -0.4 is 5.32 Å². The van der Waals surface area contributed by atoms with E-state index in [1.54, 1.807) is 11.3 Å². The second-order valence-electron chi connectivity index (χ2n) is 6.63. The molecule has 7 heteroatoms. The first kappa shape index (κ1) is 15.7. The van der Waals surface area contributed by atoms with Crippen LogP contribution in [0.25, 0.3) is 27.3 Å². The van der Waals surface area contributed by atoms with Gasteiger partial charge in [-0.25, -0.2) is 9.38 Å². The first-order chi connectivity index (χ1) is 12.8. The predicted octanol–water partition coefficient (Wildman–Crippen LogP) is 3.91. The van der Waals surface area contributed by atoms with Gasteiger partial charge >= 0.3 is 0 Å². The number of thiophene rings is 1. The number of fused-ring (bicyclic) bond motifs is 3. The Kier molecular flexibility index (Phi) is 3.83. The van der Waals surface area contributed by atoms with Crippen molar-refractivity contribution in [3.8, 4) is 10.7 Å². The number of rotatable bonds is 4. The van der Waals surface area contributed by atoms with Crippen molar-refractivity contribution in [1.82, 2.24) is 19.6 Å². The molecular weight excluding hydrogens is 346 g/mol. The summed E-state index contributed by atoms with van der Waals surface area (Å²) >= 11 is 1.65. The molecular formula is C19H19N5OS. The topological polar surface area (TPSA) is 64.3 Å². The predicted molar refractivity (Wildman–Crippen MR) is 104 cm³/mol. The lowest BCUT2D eigenvalue weighted by molar-refractivity contribution is 0.120. The largest absolute Gasteiger partial charge is 0.376 e. The number of ether oxygens (including phenoxy) is 1. The van der Waals surface area contributed by atoms with Gasteiger partial charge in [0.15, 0.2) is 11.5 Å². The molecule has 1 atom stereocenters. The Labute approximate surface area is 154 Å². The van der Waals surface area contributed by atoms with Gasteiger partial charge in [0.05, 0.1) is 16.5 Å². The number of aromatic nitrogens is 4. The molecule has 1 N–H and O–H groups in total. The van der Waals surface area contributed by atoms with E-state index in [0.717, 1.165) is 59.2 Å². The van der Waals surface area contributed by atoms with Crippen LogP contribution in [0.1, 0.15) is 18.4 Å². The van der Waals surface area contributed by atoms with E-state index in [-0.39, 0.29) is 6.10 Å². The zero-order chi connectivity index (χ0) is 17.5. The second kappa shape index (κ2) is 6.34. The molecule has 1 aromatic carbocycles. The molecule has 0 spiro atoms. The molecule has 4 heterocycles. The summed E-state index contributed by atoms with van der Waals surface area (Å²) in [5.74, 6) is 1.58. The zero-order valence-corrected chi connectivity index (χ0v) is 15.3. The molecule has 1 fully saturated rings. The summed E-state index contributed by atoms with van der Waals surface area (Å²) in [4.78, 5) is 5.94. The zero-order valence-electron chi connectivity index (χ0n) is 14.5. The van der Waals surface area contributed by atoms with Gasteiger partial charge in [-0.1, -0.05) is 17.7 Å². The van der Waals surface area contributed by atoms with Gasteiger partial charge in [-0.2, -0.15) is 0 Å². The van der Waals surface area contributed by atoms with E-state index in [1.165, 1.54) is 5.56 Å². The monoisotopic (exact) mass is 365 g/mol. The minimum Gasteiger partial charge on any atom is -0.376 e. The van der Waals surface area contributed by atoms with Crippen molar-refractivity contribution in [2.45, 2.75) is 25.9 Å². The van der Waals surface area contributed by atoms with Gasteiger partial charge < -0.3 is 10.1 Å². The first-order valence-corrected chi connectivity index (χ1v) is 9.72. The number of anilines is 1. The Bertz CT molecular complexity index is 1070. The van der Waals surface area contributed by atoms with Gasteiger partial charge in [0.1, 0.15) is 0 Å². The Morgan fingerprint density at radius 1 is 1.31 bits per heavy atom. The molecule has 0 saturated carbocycles. The van der Waals surface area contributed by atoms with Crippen molar-refractivity contribution in [3.05, 3.63) is 41.3 Å². The highest BCUT2D eigenvalue weighted by Crippen LogP contribution is 2.29. The number of hydrogen-bond donors (Lipinski definition) is 1. The number of benzene rings is 1. The molecule has 5 rings (SSSR count). The Balaban J connectivity index is 1.69. The fourth-order valence-electron chi connectivity index (χ4n) is 3.44. The Hall–Kier alpha value is -2.51. The molecule has 0 amide bonds. The minimum absolute atomic E-state index is 0.238. The molecule has 0 radical (unpaired) electrons. The van der Waals surface area contributed by atoms with E-state index in [4.69, 9.17) is 9.72 Å². The van der Waals surface area contributed by atoms with Crippen LogP contribution in [0.4, 0.5) is 5.95 Å². The van der Waals surface area contributed by atoms with E-state index >= 15 is 0 Å². The molecule has 1 aliphatic heterocycles. The van der Waals surface area contributed by atoms with Gasteiger partial charge in [-0.15, -0.1) is 21.5 Å². The molecule has 1 saturated heterocycles. The van der Waals surface area contributed by atoms with Crippen LogP contribution >= 0.6 is 11.3 Å². The number of nitrogens with one attached hydrogen (secondary N) is 1. The smallest absolute Gasteiger partial charge is 0.211 e. The van der Waals surface area contributed by atoms with E-state index in [9.17, 15) is 0 Å². The summed E-state index contributed by atoms with van der Waals surface area (Å²) in [5.41, 5.74) is 2.93. The quantitative estimate of drug-likeness (QED) is 0.594.